The number of carbonyl (C=O) groups excluding carboxylic acids is 2. The molecule has 0 N–H and O–H groups in total. The molecule has 2 amide bonds. The van der Waals surface area contributed by atoms with Crippen molar-refractivity contribution in [1.29, 1.82) is 0 Å². The number of hydrogen-bond donors (Lipinski definition) is 0. The SMILES string of the molecule is CC(C)CN(CC(=O)N1CCn2cccc2C1c1ccccc1Cl)C(=O)c1cccc(F)c1. The van der Waals surface area contributed by atoms with Gasteiger partial charge < -0.3 is 14.4 Å². The van der Waals surface area contributed by atoms with Gasteiger partial charge in [-0.25, -0.2) is 4.39 Å². The van der Waals surface area contributed by atoms with Gasteiger partial charge in [0.05, 0.1) is 6.04 Å². The number of hydrogen-bond acceptors (Lipinski definition) is 2. The number of amides is 2. The van der Waals surface area contributed by atoms with E-state index in [2.05, 4.69) is 4.57 Å². The van der Waals surface area contributed by atoms with Crippen molar-refractivity contribution in [2.45, 2.75) is 26.4 Å². The number of benzene rings is 2. The van der Waals surface area contributed by atoms with E-state index in [9.17, 15) is 14.0 Å². The van der Waals surface area contributed by atoms with Gasteiger partial charge in [0.1, 0.15) is 12.4 Å². The van der Waals surface area contributed by atoms with E-state index >= 15 is 0 Å². The molecule has 0 aliphatic carbocycles. The molecule has 0 spiro atoms. The second-order valence-corrected chi connectivity index (χ2v) is 9.13. The molecule has 0 saturated heterocycles. The lowest BCUT2D eigenvalue weighted by Crippen LogP contribution is -2.48. The summed E-state index contributed by atoms with van der Waals surface area (Å²) in [6, 6.07) is 16.7. The van der Waals surface area contributed by atoms with E-state index in [1.54, 1.807) is 11.0 Å². The Bertz CT molecular complexity index is 1160. The largest absolute Gasteiger partial charge is 0.348 e. The first-order valence-electron chi connectivity index (χ1n) is 11.1. The molecule has 2 aromatic carbocycles. The first-order chi connectivity index (χ1) is 15.8. The minimum atomic E-state index is -0.479. The fraction of sp³-hybridized carbons (Fsp3) is 0.308. The number of rotatable bonds is 6. The van der Waals surface area contributed by atoms with E-state index in [4.69, 9.17) is 11.6 Å². The molecule has 172 valence electrons. The Hall–Kier alpha value is -3.12. The monoisotopic (exact) mass is 467 g/mol. The molecule has 0 bridgehead atoms. The van der Waals surface area contributed by atoms with Crippen molar-refractivity contribution < 1.29 is 14.0 Å². The van der Waals surface area contributed by atoms with Crippen LogP contribution < -0.4 is 0 Å². The Balaban J connectivity index is 1.64. The van der Waals surface area contributed by atoms with Crippen LogP contribution in [0.4, 0.5) is 4.39 Å². The summed E-state index contributed by atoms with van der Waals surface area (Å²) in [5.74, 6) is -0.857. The fourth-order valence-corrected chi connectivity index (χ4v) is 4.63. The third kappa shape index (κ3) is 4.96. The summed E-state index contributed by atoms with van der Waals surface area (Å²) < 4.78 is 15.9. The summed E-state index contributed by atoms with van der Waals surface area (Å²) in [6.45, 7) is 5.43. The number of fused-ring (bicyclic) bond motifs is 1. The molecule has 3 aromatic rings. The zero-order valence-corrected chi connectivity index (χ0v) is 19.5. The number of nitrogens with zero attached hydrogens (tertiary/aromatic N) is 3. The van der Waals surface area contributed by atoms with Gasteiger partial charge in [-0.1, -0.05) is 49.7 Å². The molecule has 0 saturated carbocycles. The van der Waals surface area contributed by atoms with E-state index in [0.29, 0.717) is 24.7 Å². The van der Waals surface area contributed by atoms with Crippen LogP contribution in [0.15, 0.2) is 66.9 Å². The number of halogens is 2. The van der Waals surface area contributed by atoms with Gasteiger partial charge in [-0.05, 0) is 47.9 Å². The minimum absolute atomic E-state index is 0.0881. The molecule has 1 atom stereocenters. The fourth-order valence-electron chi connectivity index (χ4n) is 4.39. The van der Waals surface area contributed by atoms with Gasteiger partial charge in [-0.2, -0.15) is 0 Å². The van der Waals surface area contributed by atoms with Crippen LogP contribution in [-0.4, -0.2) is 45.8 Å². The summed E-state index contributed by atoms with van der Waals surface area (Å²) in [5, 5.41) is 0.588. The van der Waals surface area contributed by atoms with E-state index in [1.165, 1.54) is 23.1 Å². The molecule has 1 aliphatic heterocycles. The lowest BCUT2D eigenvalue weighted by atomic mass is 9.99. The van der Waals surface area contributed by atoms with Crippen molar-refractivity contribution in [2.24, 2.45) is 5.92 Å². The summed E-state index contributed by atoms with van der Waals surface area (Å²) in [5.41, 5.74) is 2.06. The van der Waals surface area contributed by atoms with Gasteiger partial charge in [-0.15, -0.1) is 0 Å². The lowest BCUT2D eigenvalue weighted by Gasteiger charge is -2.39. The Morgan fingerprint density at radius 1 is 1.09 bits per heavy atom. The maximum atomic E-state index is 13.7. The van der Waals surface area contributed by atoms with Crippen LogP contribution in [0.3, 0.4) is 0 Å². The molecule has 7 heteroatoms. The predicted molar refractivity (Wildman–Crippen MR) is 127 cm³/mol. The van der Waals surface area contributed by atoms with Crippen LogP contribution in [0, 0.1) is 11.7 Å². The topological polar surface area (TPSA) is 45.6 Å². The van der Waals surface area contributed by atoms with Crippen LogP contribution in [0.5, 0.6) is 0 Å². The highest BCUT2D eigenvalue weighted by atomic mass is 35.5. The van der Waals surface area contributed by atoms with Crippen LogP contribution in [0.1, 0.15) is 41.5 Å². The van der Waals surface area contributed by atoms with Crippen molar-refractivity contribution in [2.75, 3.05) is 19.6 Å². The molecule has 0 radical (unpaired) electrons. The zero-order valence-electron chi connectivity index (χ0n) is 18.7. The molecule has 5 nitrogen and oxygen atoms in total. The van der Waals surface area contributed by atoms with Crippen LogP contribution in [0.25, 0.3) is 0 Å². The Morgan fingerprint density at radius 2 is 1.88 bits per heavy atom. The minimum Gasteiger partial charge on any atom is -0.348 e. The first-order valence-corrected chi connectivity index (χ1v) is 11.5. The van der Waals surface area contributed by atoms with E-state index < -0.39 is 5.82 Å². The Labute approximate surface area is 198 Å². The van der Waals surface area contributed by atoms with Crippen molar-refractivity contribution in [3.8, 4) is 0 Å². The first kappa shape index (κ1) is 23.1. The number of aromatic nitrogens is 1. The van der Waals surface area contributed by atoms with E-state index in [-0.39, 0.29) is 35.9 Å². The highest BCUT2D eigenvalue weighted by molar-refractivity contribution is 6.31. The van der Waals surface area contributed by atoms with Crippen LogP contribution >= 0.6 is 11.6 Å². The normalized spacial score (nSPS) is 15.4. The molecular formula is C26H27ClFN3O2. The molecule has 1 unspecified atom stereocenters. The zero-order chi connectivity index (χ0) is 23.5. The third-order valence-electron chi connectivity index (χ3n) is 5.83. The second kappa shape index (κ2) is 9.79. The van der Waals surface area contributed by atoms with Crippen molar-refractivity contribution in [1.82, 2.24) is 14.4 Å². The van der Waals surface area contributed by atoms with Gasteiger partial charge >= 0.3 is 0 Å². The molecule has 1 aromatic heterocycles. The van der Waals surface area contributed by atoms with Crippen LogP contribution in [0.2, 0.25) is 5.02 Å². The number of carbonyl (C=O) groups is 2. The van der Waals surface area contributed by atoms with Crippen LogP contribution in [-0.2, 0) is 11.3 Å². The molecule has 0 fully saturated rings. The molecule has 33 heavy (non-hydrogen) atoms. The maximum Gasteiger partial charge on any atom is 0.254 e. The van der Waals surface area contributed by atoms with Gasteiger partial charge in [0.25, 0.3) is 5.91 Å². The summed E-state index contributed by atoms with van der Waals surface area (Å²) in [4.78, 5) is 30.1. The Kier molecular flexibility index (Phi) is 6.84. The average molecular weight is 468 g/mol. The van der Waals surface area contributed by atoms with Crippen molar-refractivity contribution in [3.05, 3.63) is 94.5 Å². The quantitative estimate of drug-likeness (QED) is 0.511. The summed E-state index contributed by atoms with van der Waals surface area (Å²) >= 11 is 6.53. The Morgan fingerprint density at radius 3 is 2.61 bits per heavy atom. The summed E-state index contributed by atoms with van der Waals surface area (Å²) in [6.07, 6.45) is 2.00. The molecule has 1 aliphatic rings. The average Bonchev–Trinajstić information content (AvgIpc) is 3.26. The van der Waals surface area contributed by atoms with Gasteiger partial charge in [0, 0.05) is 42.1 Å². The standard InChI is InChI=1S/C26H27ClFN3O2/c1-18(2)16-30(26(33)19-7-5-8-20(28)15-19)17-24(32)31-14-13-29-12-6-11-23(29)25(31)21-9-3-4-10-22(21)27/h3-12,15,18,25H,13-14,16-17H2,1-2H3. The molecular weight excluding hydrogens is 441 g/mol. The molecule has 4 rings (SSSR count). The third-order valence-corrected chi connectivity index (χ3v) is 6.17. The van der Waals surface area contributed by atoms with Gasteiger partial charge in [0.15, 0.2) is 0 Å². The summed E-state index contributed by atoms with van der Waals surface area (Å²) in [7, 11) is 0. The van der Waals surface area contributed by atoms with E-state index in [1.807, 2.05) is 56.4 Å². The predicted octanol–water partition coefficient (Wildman–Crippen LogP) is 5.01. The van der Waals surface area contributed by atoms with Crippen molar-refractivity contribution in [3.63, 3.8) is 0 Å². The highest BCUT2D eigenvalue weighted by Crippen LogP contribution is 2.36. The van der Waals surface area contributed by atoms with Gasteiger partial charge in [0.2, 0.25) is 5.91 Å². The second-order valence-electron chi connectivity index (χ2n) is 8.73. The maximum absolute atomic E-state index is 13.7. The highest BCUT2D eigenvalue weighted by Gasteiger charge is 2.34. The van der Waals surface area contributed by atoms with Crippen molar-refractivity contribution >= 4 is 23.4 Å². The molecule has 2 heterocycles. The van der Waals surface area contributed by atoms with E-state index in [0.717, 1.165) is 11.3 Å². The van der Waals surface area contributed by atoms with Gasteiger partial charge in [-0.3, -0.25) is 9.59 Å². The lowest BCUT2D eigenvalue weighted by molar-refractivity contribution is -0.134. The smallest absolute Gasteiger partial charge is 0.254 e.